The number of aromatic hydroxyl groups is 1. The highest BCUT2D eigenvalue weighted by Gasteiger charge is 2.23. The van der Waals surface area contributed by atoms with Crippen LogP contribution in [-0.2, 0) is 16.3 Å². The first kappa shape index (κ1) is 21.6. The lowest BCUT2D eigenvalue weighted by atomic mass is 10.1. The van der Waals surface area contributed by atoms with Crippen molar-refractivity contribution in [2.75, 3.05) is 6.26 Å². The van der Waals surface area contributed by atoms with Crippen molar-refractivity contribution in [3.05, 3.63) is 76.3 Å². The summed E-state index contributed by atoms with van der Waals surface area (Å²) in [7, 11) is -3.77. The van der Waals surface area contributed by atoms with E-state index in [-0.39, 0.29) is 21.6 Å². The number of fused-ring (bicyclic) bond motifs is 1. The number of aryl methyl sites for hydroxylation is 1. The number of rotatable bonds is 4. The van der Waals surface area contributed by atoms with E-state index in [0.717, 1.165) is 29.2 Å². The third-order valence-corrected chi connectivity index (χ3v) is 6.14. The molecule has 0 atom stereocenters. The summed E-state index contributed by atoms with van der Waals surface area (Å²) in [4.78, 5) is 20.6. The molecule has 2 heterocycles. The van der Waals surface area contributed by atoms with E-state index in [2.05, 4.69) is 9.97 Å². The van der Waals surface area contributed by atoms with Crippen molar-refractivity contribution < 1.29 is 22.3 Å². The molecule has 10 heteroatoms. The van der Waals surface area contributed by atoms with Crippen LogP contribution in [0.2, 0.25) is 0 Å². The van der Waals surface area contributed by atoms with E-state index in [1.165, 1.54) is 18.2 Å². The minimum atomic E-state index is -3.77. The Hall–Kier alpha value is -3.66. The lowest BCUT2D eigenvalue weighted by Gasteiger charge is -2.17. The zero-order chi connectivity index (χ0) is 23.2. The molecule has 0 bridgehead atoms. The number of hydrogen-bond acceptors (Lipinski definition) is 6. The molecule has 7 nitrogen and oxygen atoms in total. The van der Waals surface area contributed by atoms with Crippen molar-refractivity contribution in [2.45, 2.75) is 18.2 Å². The number of hydrogen-bond donors (Lipinski definition) is 1. The van der Waals surface area contributed by atoms with Crippen molar-refractivity contribution >= 4 is 20.9 Å². The zero-order valence-electron chi connectivity index (χ0n) is 17.0. The standard InChI is InChI=1S/C22H17F2N3O4S/c1-3-12-6-4-9-17(32(2,30)31)20(12)27-21-13(11-25-22(27)29)10-15(24)19(26-21)18-14(23)7-5-8-16(18)28/h4-11,28H,3H2,1-2H3. The molecule has 0 radical (unpaired) electrons. The topological polar surface area (TPSA) is 102 Å². The number of pyridine rings is 1. The molecule has 0 saturated carbocycles. The highest BCUT2D eigenvalue weighted by atomic mass is 32.2. The number of phenolic OH excluding ortho intramolecular Hbond substituents is 1. The Morgan fingerprint density at radius 1 is 1.09 bits per heavy atom. The van der Waals surface area contributed by atoms with Gasteiger partial charge in [0.1, 0.15) is 17.3 Å². The fourth-order valence-corrected chi connectivity index (χ4v) is 4.47. The van der Waals surface area contributed by atoms with Crippen LogP contribution >= 0.6 is 0 Å². The molecule has 4 aromatic rings. The third-order valence-electron chi connectivity index (χ3n) is 5.02. The fourth-order valence-electron chi connectivity index (χ4n) is 3.57. The molecule has 0 saturated heterocycles. The predicted molar refractivity (Wildman–Crippen MR) is 115 cm³/mol. The Morgan fingerprint density at radius 3 is 2.47 bits per heavy atom. The Labute approximate surface area is 181 Å². The van der Waals surface area contributed by atoms with Gasteiger partial charge in [0.2, 0.25) is 0 Å². The van der Waals surface area contributed by atoms with E-state index in [4.69, 9.17) is 0 Å². The van der Waals surface area contributed by atoms with Gasteiger partial charge in [-0.3, -0.25) is 0 Å². The summed E-state index contributed by atoms with van der Waals surface area (Å²) in [5, 5.41) is 10.2. The maximum atomic E-state index is 14.9. The summed E-state index contributed by atoms with van der Waals surface area (Å²) in [6.45, 7) is 1.78. The van der Waals surface area contributed by atoms with Crippen molar-refractivity contribution in [3.8, 4) is 22.7 Å². The minimum Gasteiger partial charge on any atom is -0.507 e. The van der Waals surface area contributed by atoms with E-state index in [1.54, 1.807) is 19.1 Å². The van der Waals surface area contributed by atoms with E-state index in [0.29, 0.717) is 12.0 Å². The first-order valence-corrected chi connectivity index (χ1v) is 11.4. The normalized spacial score (nSPS) is 11.8. The number of phenols is 1. The van der Waals surface area contributed by atoms with Crippen LogP contribution in [0.25, 0.3) is 28.0 Å². The minimum absolute atomic E-state index is 0.0448. The van der Waals surface area contributed by atoms with E-state index < -0.39 is 44.2 Å². The molecule has 0 unspecified atom stereocenters. The molecule has 164 valence electrons. The molecule has 1 N–H and O–H groups in total. The molecule has 32 heavy (non-hydrogen) atoms. The molecule has 0 spiro atoms. The third kappa shape index (κ3) is 3.52. The Morgan fingerprint density at radius 2 is 1.81 bits per heavy atom. The second-order valence-electron chi connectivity index (χ2n) is 7.13. The van der Waals surface area contributed by atoms with Gasteiger partial charge in [0, 0.05) is 17.8 Å². The van der Waals surface area contributed by atoms with Crippen LogP contribution in [0, 0.1) is 11.6 Å². The molecule has 2 aromatic heterocycles. The van der Waals surface area contributed by atoms with E-state index in [9.17, 15) is 27.1 Å². The average Bonchev–Trinajstić information content (AvgIpc) is 2.73. The van der Waals surface area contributed by atoms with Crippen molar-refractivity contribution in [1.82, 2.24) is 14.5 Å². The lowest BCUT2D eigenvalue weighted by molar-refractivity contribution is 0.470. The summed E-state index contributed by atoms with van der Waals surface area (Å²) >= 11 is 0. The maximum Gasteiger partial charge on any atom is 0.353 e. The summed E-state index contributed by atoms with van der Waals surface area (Å²) in [6, 6.07) is 9.03. The van der Waals surface area contributed by atoms with Gasteiger partial charge in [0.05, 0.1) is 16.1 Å². The maximum absolute atomic E-state index is 14.9. The molecular weight excluding hydrogens is 440 g/mol. The monoisotopic (exact) mass is 457 g/mol. The Kier molecular flexibility index (Phi) is 5.25. The van der Waals surface area contributed by atoms with Gasteiger partial charge in [-0.05, 0) is 36.2 Å². The SMILES string of the molecule is CCc1cccc(S(C)(=O)=O)c1-n1c(=O)ncc2cc(F)c(-c3c(O)cccc3F)nc21. The molecule has 0 fully saturated rings. The number of nitrogens with zero attached hydrogens (tertiary/aromatic N) is 3. The number of halogens is 2. The zero-order valence-corrected chi connectivity index (χ0v) is 17.8. The highest BCUT2D eigenvalue weighted by molar-refractivity contribution is 7.90. The number of para-hydroxylation sites is 1. The van der Waals surface area contributed by atoms with Crippen molar-refractivity contribution in [2.24, 2.45) is 0 Å². The van der Waals surface area contributed by atoms with Crippen LogP contribution in [0.15, 0.2) is 58.4 Å². The lowest BCUT2D eigenvalue weighted by Crippen LogP contribution is -2.25. The second-order valence-corrected chi connectivity index (χ2v) is 9.12. The largest absolute Gasteiger partial charge is 0.507 e. The molecule has 0 aliphatic rings. The van der Waals surface area contributed by atoms with Gasteiger partial charge in [0.15, 0.2) is 21.3 Å². The fraction of sp³-hybridized carbons (Fsp3) is 0.136. The van der Waals surface area contributed by atoms with Gasteiger partial charge in [-0.25, -0.2) is 36.5 Å². The second kappa shape index (κ2) is 7.79. The summed E-state index contributed by atoms with van der Waals surface area (Å²) < 4.78 is 55.2. The van der Waals surface area contributed by atoms with Crippen LogP contribution in [0.4, 0.5) is 8.78 Å². The molecule has 0 aliphatic heterocycles. The predicted octanol–water partition coefficient (Wildman–Crippen LogP) is 3.40. The van der Waals surface area contributed by atoms with Gasteiger partial charge in [-0.15, -0.1) is 0 Å². The van der Waals surface area contributed by atoms with E-state index >= 15 is 0 Å². The quantitative estimate of drug-likeness (QED) is 0.504. The number of sulfone groups is 1. The first-order valence-electron chi connectivity index (χ1n) is 9.52. The summed E-state index contributed by atoms with van der Waals surface area (Å²) in [5.41, 5.74) is -1.41. The molecule has 0 amide bonds. The van der Waals surface area contributed by atoms with Crippen molar-refractivity contribution in [3.63, 3.8) is 0 Å². The van der Waals surface area contributed by atoms with Crippen LogP contribution in [-0.4, -0.2) is 34.3 Å². The summed E-state index contributed by atoms with van der Waals surface area (Å²) in [5.74, 6) is -2.40. The van der Waals surface area contributed by atoms with Crippen LogP contribution < -0.4 is 5.69 Å². The van der Waals surface area contributed by atoms with Crippen LogP contribution in [0.1, 0.15) is 12.5 Å². The van der Waals surface area contributed by atoms with Crippen LogP contribution in [0.3, 0.4) is 0 Å². The smallest absolute Gasteiger partial charge is 0.353 e. The number of aromatic nitrogens is 3. The molecule has 0 aliphatic carbocycles. The molecule has 4 rings (SSSR count). The first-order chi connectivity index (χ1) is 15.1. The van der Waals surface area contributed by atoms with Crippen LogP contribution in [0.5, 0.6) is 5.75 Å². The van der Waals surface area contributed by atoms with Gasteiger partial charge < -0.3 is 5.11 Å². The van der Waals surface area contributed by atoms with Gasteiger partial charge in [-0.1, -0.05) is 25.1 Å². The van der Waals surface area contributed by atoms with Gasteiger partial charge >= 0.3 is 5.69 Å². The Bertz CT molecular complexity index is 1530. The van der Waals surface area contributed by atoms with Gasteiger partial charge in [-0.2, -0.15) is 0 Å². The highest BCUT2D eigenvalue weighted by Crippen LogP contribution is 2.34. The van der Waals surface area contributed by atoms with Crippen molar-refractivity contribution in [1.29, 1.82) is 0 Å². The Balaban J connectivity index is 2.19. The number of benzene rings is 2. The van der Waals surface area contributed by atoms with Gasteiger partial charge in [0.25, 0.3) is 0 Å². The molecule has 2 aromatic carbocycles. The summed E-state index contributed by atoms with van der Waals surface area (Å²) in [6.07, 6.45) is 2.48. The molecular formula is C22H17F2N3O4S. The average molecular weight is 457 g/mol. The van der Waals surface area contributed by atoms with E-state index in [1.807, 2.05) is 0 Å².